The molecule has 2 unspecified atom stereocenters. The second-order valence-corrected chi connectivity index (χ2v) is 8.55. The molecule has 0 heterocycles. The van der Waals surface area contributed by atoms with Crippen LogP contribution >= 0.6 is 0 Å². The molecule has 0 aromatic rings. The Morgan fingerprint density at radius 2 is 1.11 bits per heavy atom. The van der Waals surface area contributed by atoms with E-state index in [1.807, 2.05) is 27.7 Å². The maximum absolute atomic E-state index is 12.0. The summed E-state index contributed by atoms with van der Waals surface area (Å²) in [5.41, 5.74) is -1.13. The zero-order valence-electron chi connectivity index (χ0n) is 19.2. The molecular formula is C21H42O7. The van der Waals surface area contributed by atoms with Gasteiger partial charge in [-0.1, -0.05) is 26.7 Å². The van der Waals surface area contributed by atoms with Crippen LogP contribution in [-0.2, 0) is 29.0 Å². The summed E-state index contributed by atoms with van der Waals surface area (Å²) in [6, 6.07) is 0. The molecule has 0 aliphatic carbocycles. The van der Waals surface area contributed by atoms with Crippen LogP contribution in [0.25, 0.3) is 0 Å². The van der Waals surface area contributed by atoms with Gasteiger partial charge in [-0.05, 0) is 54.4 Å². The predicted molar refractivity (Wildman–Crippen MR) is 108 cm³/mol. The van der Waals surface area contributed by atoms with E-state index in [-0.39, 0.29) is 12.2 Å². The predicted octanol–water partition coefficient (Wildman–Crippen LogP) is 5.75. The maximum Gasteiger partial charge on any atom is 0.508 e. The Morgan fingerprint density at radius 3 is 1.43 bits per heavy atom. The van der Waals surface area contributed by atoms with Crippen LogP contribution in [-0.4, -0.2) is 42.8 Å². The van der Waals surface area contributed by atoms with E-state index >= 15 is 0 Å². The number of unbranched alkanes of at least 4 members (excludes halogenated alkanes) is 2. The Morgan fingerprint density at radius 1 is 0.750 bits per heavy atom. The summed E-state index contributed by atoms with van der Waals surface area (Å²) in [6.45, 7) is 16.5. The van der Waals surface area contributed by atoms with Gasteiger partial charge in [-0.25, -0.2) is 24.3 Å². The topological polar surface area (TPSA) is 72.5 Å². The SMILES string of the molecule is CCCCOOC(C)(C)CC(C)OC(=O)OC(C)CC(C)(C)OOCCCC. The van der Waals surface area contributed by atoms with Crippen LogP contribution in [0.4, 0.5) is 4.79 Å². The van der Waals surface area contributed by atoms with E-state index in [0.29, 0.717) is 26.1 Å². The molecule has 7 heteroatoms. The van der Waals surface area contributed by atoms with Crippen LogP contribution < -0.4 is 0 Å². The van der Waals surface area contributed by atoms with Crippen molar-refractivity contribution >= 4 is 6.16 Å². The van der Waals surface area contributed by atoms with Gasteiger partial charge in [0, 0.05) is 12.8 Å². The summed E-state index contributed by atoms with van der Waals surface area (Å²) >= 11 is 0. The molecule has 0 radical (unpaired) electrons. The Bertz CT molecular complexity index is 374. The first-order chi connectivity index (χ1) is 13.0. The third-order valence-electron chi connectivity index (χ3n) is 3.88. The highest BCUT2D eigenvalue weighted by molar-refractivity contribution is 5.60. The fourth-order valence-electron chi connectivity index (χ4n) is 2.70. The van der Waals surface area contributed by atoms with E-state index in [4.69, 9.17) is 29.0 Å². The van der Waals surface area contributed by atoms with E-state index < -0.39 is 17.4 Å². The molecule has 0 amide bonds. The third kappa shape index (κ3) is 15.1. The Kier molecular flexibility index (Phi) is 13.7. The standard InChI is InChI=1S/C21H42O7/c1-9-11-13-23-27-20(5,6)15-17(3)25-19(22)26-18(4)16-21(7,8)28-24-14-12-10-2/h17-18H,9-16H2,1-8H3. The number of ether oxygens (including phenoxy) is 2. The van der Waals surface area contributed by atoms with E-state index in [0.717, 1.165) is 25.7 Å². The molecule has 168 valence electrons. The molecule has 0 saturated carbocycles. The van der Waals surface area contributed by atoms with Gasteiger partial charge >= 0.3 is 6.16 Å². The first kappa shape index (κ1) is 27.1. The number of rotatable bonds is 16. The largest absolute Gasteiger partial charge is 0.508 e. The monoisotopic (exact) mass is 406 g/mol. The lowest BCUT2D eigenvalue weighted by atomic mass is 10.0. The number of hydrogen-bond acceptors (Lipinski definition) is 7. The van der Waals surface area contributed by atoms with Crippen molar-refractivity contribution in [1.82, 2.24) is 0 Å². The third-order valence-corrected chi connectivity index (χ3v) is 3.88. The van der Waals surface area contributed by atoms with Crippen molar-refractivity contribution in [3.63, 3.8) is 0 Å². The van der Waals surface area contributed by atoms with E-state index in [1.165, 1.54) is 0 Å². The Hall–Kier alpha value is -0.890. The van der Waals surface area contributed by atoms with Crippen molar-refractivity contribution in [3.8, 4) is 0 Å². The number of carbonyl (C=O) groups excluding carboxylic acids is 1. The first-order valence-corrected chi connectivity index (χ1v) is 10.5. The lowest BCUT2D eigenvalue weighted by Gasteiger charge is -2.28. The molecule has 2 atom stereocenters. The summed E-state index contributed by atoms with van der Waals surface area (Å²) in [4.78, 5) is 33.3. The lowest BCUT2D eigenvalue weighted by Crippen LogP contribution is -2.34. The van der Waals surface area contributed by atoms with Gasteiger partial charge in [-0.3, -0.25) is 0 Å². The fraction of sp³-hybridized carbons (Fsp3) is 0.952. The first-order valence-electron chi connectivity index (χ1n) is 10.5. The minimum atomic E-state index is -0.703. The molecule has 28 heavy (non-hydrogen) atoms. The Balaban J connectivity index is 4.19. The van der Waals surface area contributed by atoms with Crippen LogP contribution in [0.2, 0.25) is 0 Å². The summed E-state index contributed by atoms with van der Waals surface area (Å²) in [6.07, 6.45) is 3.50. The highest BCUT2D eigenvalue weighted by Crippen LogP contribution is 2.22. The van der Waals surface area contributed by atoms with Gasteiger partial charge < -0.3 is 9.47 Å². The fourth-order valence-corrected chi connectivity index (χ4v) is 2.70. The maximum atomic E-state index is 12.0. The minimum Gasteiger partial charge on any atom is -0.431 e. The second-order valence-electron chi connectivity index (χ2n) is 8.55. The van der Waals surface area contributed by atoms with Crippen molar-refractivity contribution in [2.24, 2.45) is 0 Å². The van der Waals surface area contributed by atoms with Crippen LogP contribution in [0.15, 0.2) is 0 Å². The van der Waals surface area contributed by atoms with Crippen LogP contribution in [0, 0.1) is 0 Å². The van der Waals surface area contributed by atoms with E-state index in [2.05, 4.69) is 13.8 Å². The highest BCUT2D eigenvalue weighted by Gasteiger charge is 2.28. The van der Waals surface area contributed by atoms with Gasteiger partial charge in [0.1, 0.15) is 23.4 Å². The van der Waals surface area contributed by atoms with Crippen LogP contribution in [0.5, 0.6) is 0 Å². The Labute approximate surface area is 171 Å². The molecule has 0 aliphatic heterocycles. The summed E-state index contributed by atoms with van der Waals surface area (Å²) in [5.74, 6) is 0. The van der Waals surface area contributed by atoms with Crippen molar-refractivity contribution in [1.29, 1.82) is 0 Å². The smallest absolute Gasteiger partial charge is 0.431 e. The van der Waals surface area contributed by atoms with Crippen LogP contribution in [0.3, 0.4) is 0 Å². The quantitative estimate of drug-likeness (QED) is 0.140. The van der Waals surface area contributed by atoms with Gasteiger partial charge in [0.15, 0.2) is 0 Å². The highest BCUT2D eigenvalue weighted by atomic mass is 17.2. The molecule has 0 aromatic carbocycles. The molecule has 0 fully saturated rings. The van der Waals surface area contributed by atoms with Crippen LogP contribution in [0.1, 0.15) is 93.9 Å². The molecular weight excluding hydrogens is 364 g/mol. The molecule has 0 spiro atoms. The number of carbonyl (C=O) groups is 1. The molecule has 0 N–H and O–H groups in total. The minimum absolute atomic E-state index is 0.369. The molecule has 0 aromatic heterocycles. The average molecular weight is 407 g/mol. The zero-order chi connectivity index (χ0) is 21.6. The van der Waals surface area contributed by atoms with Gasteiger partial charge in [-0.15, -0.1) is 0 Å². The van der Waals surface area contributed by atoms with Gasteiger partial charge in [0.25, 0.3) is 0 Å². The van der Waals surface area contributed by atoms with Crippen molar-refractivity contribution < 1.29 is 33.8 Å². The van der Waals surface area contributed by atoms with Gasteiger partial charge in [0.05, 0.1) is 13.2 Å². The molecule has 0 saturated heterocycles. The van der Waals surface area contributed by atoms with Crippen molar-refractivity contribution in [2.75, 3.05) is 13.2 Å². The van der Waals surface area contributed by atoms with Gasteiger partial charge in [0.2, 0.25) is 0 Å². The summed E-state index contributed by atoms with van der Waals surface area (Å²) in [7, 11) is 0. The molecule has 7 nitrogen and oxygen atoms in total. The van der Waals surface area contributed by atoms with Crippen molar-refractivity contribution in [2.45, 2.75) is 117 Å². The normalized spacial score (nSPS) is 14.6. The summed E-state index contributed by atoms with van der Waals surface area (Å²) < 4.78 is 10.7. The van der Waals surface area contributed by atoms with E-state index in [1.54, 1.807) is 13.8 Å². The second kappa shape index (κ2) is 14.1. The van der Waals surface area contributed by atoms with Crippen molar-refractivity contribution in [3.05, 3.63) is 0 Å². The number of hydrogen-bond donors (Lipinski definition) is 0. The van der Waals surface area contributed by atoms with E-state index in [9.17, 15) is 4.79 Å². The molecule has 0 aliphatic rings. The molecule has 0 bridgehead atoms. The average Bonchev–Trinajstić information content (AvgIpc) is 2.54. The van der Waals surface area contributed by atoms with Gasteiger partial charge in [-0.2, -0.15) is 0 Å². The lowest BCUT2D eigenvalue weighted by molar-refractivity contribution is -0.357. The summed E-state index contributed by atoms with van der Waals surface area (Å²) in [5, 5.41) is 0. The molecule has 0 rings (SSSR count). The zero-order valence-corrected chi connectivity index (χ0v) is 19.2.